The van der Waals surface area contributed by atoms with Gasteiger partial charge in [0.05, 0.1) is 25.4 Å². The van der Waals surface area contributed by atoms with Gasteiger partial charge in [0, 0.05) is 10.0 Å². The van der Waals surface area contributed by atoms with E-state index in [0.717, 1.165) is 10.0 Å². The van der Waals surface area contributed by atoms with Gasteiger partial charge in [-0.15, -0.1) is 0 Å². The molecule has 0 saturated heterocycles. The first kappa shape index (κ1) is 14.8. The maximum absolute atomic E-state index is 13.7. The van der Waals surface area contributed by atoms with E-state index in [1.54, 1.807) is 31.4 Å². The summed E-state index contributed by atoms with van der Waals surface area (Å²) in [6, 6.07) is 11.4. The van der Waals surface area contributed by atoms with E-state index in [0.29, 0.717) is 11.4 Å². The Labute approximate surface area is 125 Å². The Hall–Kier alpha value is -1.59. The fraction of sp³-hybridized carbons (Fsp3) is 0.200. The number of methoxy groups -OCH3 is 1. The Balaban J connectivity index is 2.33. The number of anilines is 1. The molecule has 2 rings (SSSR count). The van der Waals surface area contributed by atoms with Gasteiger partial charge < -0.3 is 15.2 Å². The number of para-hydroxylation sites is 1. The van der Waals surface area contributed by atoms with Gasteiger partial charge in [-0.2, -0.15) is 0 Å². The van der Waals surface area contributed by atoms with E-state index >= 15 is 0 Å². The highest BCUT2D eigenvalue weighted by Crippen LogP contribution is 2.31. The van der Waals surface area contributed by atoms with E-state index in [1.165, 1.54) is 6.07 Å². The molecule has 0 heterocycles. The summed E-state index contributed by atoms with van der Waals surface area (Å²) >= 11 is 3.38. The molecule has 0 amide bonds. The van der Waals surface area contributed by atoms with E-state index in [-0.39, 0.29) is 12.4 Å². The number of benzene rings is 2. The van der Waals surface area contributed by atoms with Crippen molar-refractivity contribution in [2.24, 2.45) is 0 Å². The van der Waals surface area contributed by atoms with Crippen molar-refractivity contribution in [3.63, 3.8) is 0 Å². The molecular formula is C15H15BrFNO2. The first-order valence-electron chi connectivity index (χ1n) is 6.11. The lowest BCUT2D eigenvalue weighted by Crippen LogP contribution is -2.16. The molecule has 0 saturated carbocycles. The van der Waals surface area contributed by atoms with Crippen LogP contribution in [0, 0.1) is 5.82 Å². The second kappa shape index (κ2) is 6.72. The minimum Gasteiger partial charge on any atom is -0.496 e. The number of nitrogens with one attached hydrogen (secondary N) is 1. The lowest BCUT2D eigenvalue weighted by Gasteiger charge is -2.21. The monoisotopic (exact) mass is 339 g/mol. The number of aliphatic hydroxyl groups is 1. The molecule has 2 N–H and O–H groups in total. The molecule has 0 spiro atoms. The van der Waals surface area contributed by atoms with Gasteiger partial charge in [-0.3, -0.25) is 0 Å². The summed E-state index contributed by atoms with van der Waals surface area (Å²) in [5, 5.41) is 12.6. The lowest BCUT2D eigenvalue weighted by atomic mass is 10.1. The van der Waals surface area contributed by atoms with Gasteiger partial charge >= 0.3 is 0 Å². The molecule has 5 heteroatoms. The van der Waals surface area contributed by atoms with Crippen molar-refractivity contribution in [1.82, 2.24) is 0 Å². The summed E-state index contributed by atoms with van der Waals surface area (Å²) in [4.78, 5) is 0. The van der Waals surface area contributed by atoms with Crippen LogP contribution in [0.15, 0.2) is 46.9 Å². The number of hydrogen-bond donors (Lipinski definition) is 2. The first-order chi connectivity index (χ1) is 9.65. The fourth-order valence-corrected chi connectivity index (χ4v) is 2.34. The van der Waals surface area contributed by atoms with E-state index in [2.05, 4.69) is 21.2 Å². The Morgan fingerprint density at radius 2 is 2.05 bits per heavy atom. The molecule has 20 heavy (non-hydrogen) atoms. The summed E-state index contributed by atoms with van der Waals surface area (Å²) in [5.74, 6) is 0.274. The number of rotatable bonds is 5. The van der Waals surface area contributed by atoms with Crippen LogP contribution in [-0.4, -0.2) is 18.8 Å². The van der Waals surface area contributed by atoms with Gasteiger partial charge in [-0.1, -0.05) is 28.1 Å². The molecule has 0 aliphatic carbocycles. The van der Waals surface area contributed by atoms with Crippen LogP contribution in [0.5, 0.6) is 5.75 Å². The van der Waals surface area contributed by atoms with Crippen LogP contribution in [0.4, 0.5) is 10.1 Å². The van der Waals surface area contributed by atoms with Crippen molar-refractivity contribution in [3.05, 3.63) is 58.3 Å². The Kier molecular flexibility index (Phi) is 4.98. The second-order valence-corrected chi connectivity index (χ2v) is 5.16. The maximum Gasteiger partial charge on any atom is 0.146 e. The molecule has 1 atom stereocenters. The number of hydrogen-bond acceptors (Lipinski definition) is 3. The molecule has 3 nitrogen and oxygen atoms in total. The quantitative estimate of drug-likeness (QED) is 0.871. The smallest absolute Gasteiger partial charge is 0.146 e. The third-order valence-corrected chi connectivity index (χ3v) is 3.45. The topological polar surface area (TPSA) is 41.5 Å². The van der Waals surface area contributed by atoms with Crippen LogP contribution in [-0.2, 0) is 0 Å². The number of aliphatic hydroxyl groups excluding tert-OH is 1. The van der Waals surface area contributed by atoms with Gasteiger partial charge in [0.1, 0.15) is 11.6 Å². The summed E-state index contributed by atoms with van der Waals surface area (Å²) in [5.41, 5.74) is 1.10. The molecule has 0 aliphatic rings. The van der Waals surface area contributed by atoms with E-state index in [4.69, 9.17) is 4.74 Å². The van der Waals surface area contributed by atoms with Crippen molar-refractivity contribution in [3.8, 4) is 5.75 Å². The molecule has 0 fully saturated rings. The van der Waals surface area contributed by atoms with Crippen molar-refractivity contribution < 1.29 is 14.2 Å². The van der Waals surface area contributed by atoms with Gasteiger partial charge in [0.15, 0.2) is 0 Å². The van der Waals surface area contributed by atoms with Crippen LogP contribution < -0.4 is 10.1 Å². The zero-order chi connectivity index (χ0) is 14.5. The molecule has 0 radical (unpaired) electrons. The van der Waals surface area contributed by atoms with Crippen molar-refractivity contribution in [2.45, 2.75) is 6.04 Å². The summed E-state index contributed by atoms with van der Waals surface area (Å²) in [6.07, 6.45) is 0. The molecule has 2 aromatic rings. The van der Waals surface area contributed by atoms with Crippen molar-refractivity contribution in [2.75, 3.05) is 19.0 Å². The van der Waals surface area contributed by atoms with Crippen LogP contribution in [0.2, 0.25) is 0 Å². The highest BCUT2D eigenvalue weighted by molar-refractivity contribution is 9.10. The average Bonchev–Trinajstić information content (AvgIpc) is 2.46. The lowest BCUT2D eigenvalue weighted by molar-refractivity contribution is 0.272. The highest BCUT2D eigenvalue weighted by atomic mass is 79.9. The van der Waals surface area contributed by atoms with E-state index in [1.807, 2.05) is 12.1 Å². The highest BCUT2D eigenvalue weighted by Gasteiger charge is 2.17. The minimum atomic E-state index is -0.459. The van der Waals surface area contributed by atoms with Crippen LogP contribution in [0.1, 0.15) is 11.6 Å². The van der Waals surface area contributed by atoms with Gasteiger partial charge in [0.2, 0.25) is 0 Å². The summed E-state index contributed by atoms with van der Waals surface area (Å²) in [7, 11) is 1.56. The standard InChI is InChI=1S/C15H15BrFNO2/c1-20-15-7-6-10(16)8-11(15)14(9-19)18-13-5-3-2-4-12(13)17/h2-8,14,18-19H,9H2,1H3. The normalized spacial score (nSPS) is 12.0. The maximum atomic E-state index is 13.7. The van der Waals surface area contributed by atoms with Crippen LogP contribution in [0.3, 0.4) is 0 Å². The molecule has 1 unspecified atom stereocenters. The predicted octanol–water partition coefficient (Wildman–Crippen LogP) is 3.74. The summed E-state index contributed by atoms with van der Waals surface area (Å²) in [6.45, 7) is -0.179. The molecule has 0 aromatic heterocycles. The Bertz CT molecular complexity index is 592. The van der Waals surface area contributed by atoms with Gasteiger partial charge in [-0.25, -0.2) is 4.39 Å². The molecule has 0 bridgehead atoms. The second-order valence-electron chi connectivity index (χ2n) is 4.25. The first-order valence-corrected chi connectivity index (χ1v) is 6.90. The van der Waals surface area contributed by atoms with Gasteiger partial charge in [0.25, 0.3) is 0 Å². The molecular weight excluding hydrogens is 325 g/mol. The van der Waals surface area contributed by atoms with Gasteiger partial charge in [-0.05, 0) is 30.3 Å². The summed E-state index contributed by atoms with van der Waals surface area (Å²) < 4.78 is 19.8. The Morgan fingerprint density at radius 1 is 1.30 bits per heavy atom. The van der Waals surface area contributed by atoms with Crippen molar-refractivity contribution in [1.29, 1.82) is 0 Å². The third-order valence-electron chi connectivity index (χ3n) is 2.95. The molecule has 106 valence electrons. The minimum absolute atomic E-state index is 0.179. The third kappa shape index (κ3) is 3.29. The SMILES string of the molecule is COc1ccc(Br)cc1C(CO)Nc1ccccc1F. The van der Waals surface area contributed by atoms with Crippen molar-refractivity contribution >= 4 is 21.6 Å². The predicted molar refractivity (Wildman–Crippen MR) is 80.5 cm³/mol. The number of ether oxygens (including phenoxy) is 1. The zero-order valence-corrected chi connectivity index (χ0v) is 12.5. The van der Waals surface area contributed by atoms with Crippen LogP contribution >= 0.6 is 15.9 Å². The van der Waals surface area contributed by atoms with E-state index < -0.39 is 6.04 Å². The van der Waals surface area contributed by atoms with Crippen LogP contribution in [0.25, 0.3) is 0 Å². The van der Waals surface area contributed by atoms with E-state index in [9.17, 15) is 9.50 Å². The zero-order valence-electron chi connectivity index (χ0n) is 10.9. The molecule has 2 aromatic carbocycles. The number of halogens is 2. The largest absolute Gasteiger partial charge is 0.496 e. The Morgan fingerprint density at radius 3 is 2.70 bits per heavy atom. The average molecular weight is 340 g/mol. The molecule has 0 aliphatic heterocycles. The fourth-order valence-electron chi connectivity index (χ4n) is 1.97.